The van der Waals surface area contributed by atoms with Gasteiger partial charge in [-0.2, -0.15) is 0 Å². The van der Waals surface area contributed by atoms with E-state index in [4.69, 9.17) is 0 Å². The van der Waals surface area contributed by atoms with Crippen LogP contribution in [-0.2, 0) is 15.6 Å². The minimum Gasteiger partial charge on any atom is -0.349 e. The summed E-state index contributed by atoms with van der Waals surface area (Å²) in [6.45, 7) is 0. The first-order valence-electron chi connectivity index (χ1n) is 7.01. The van der Waals surface area contributed by atoms with Crippen molar-refractivity contribution in [2.45, 2.75) is 43.9 Å². The van der Waals surface area contributed by atoms with Gasteiger partial charge in [-0.05, 0) is 30.5 Å². The Kier molecular flexibility index (Phi) is 4.81. The normalized spacial score (nSPS) is 16.9. The van der Waals surface area contributed by atoms with Gasteiger partial charge in [0, 0.05) is 17.9 Å². The van der Waals surface area contributed by atoms with Gasteiger partial charge in [-0.15, -0.1) is 0 Å². The average molecular weight is 295 g/mol. The third-order valence-corrected chi connectivity index (χ3v) is 4.42. The van der Waals surface area contributed by atoms with Crippen LogP contribution in [0.15, 0.2) is 24.3 Å². The van der Waals surface area contributed by atoms with Crippen molar-refractivity contribution >= 4 is 15.7 Å². The van der Waals surface area contributed by atoms with E-state index in [0.717, 1.165) is 12.8 Å². The van der Waals surface area contributed by atoms with Gasteiger partial charge in [-0.1, -0.05) is 31.4 Å². The summed E-state index contributed by atoms with van der Waals surface area (Å²) >= 11 is 0. The summed E-state index contributed by atoms with van der Waals surface area (Å²) < 4.78 is 22.6. The molecule has 0 spiro atoms. The molecule has 20 heavy (non-hydrogen) atoms. The van der Waals surface area contributed by atoms with Gasteiger partial charge in [0.1, 0.15) is 0 Å². The standard InChI is InChI=1S/C15H21NO3S/c1-20(18,19)11-12-6-5-7-13(10-12)15(17)16-14-8-3-2-4-9-14/h5-7,10,14H,2-4,8-9,11H2,1H3,(H,16,17). The molecule has 1 fully saturated rings. The lowest BCUT2D eigenvalue weighted by atomic mass is 9.95. The second-order valence-electron chi connectivity index (χ2n) is 5.58. The molecule has 0 heterocycles. The van der Waals surface area contributed by atoms with Crippen molar-refractivity contribution in [1.29, 1.82) is 0 Å². The monoisotopic (exact) mass is 295 g/mol. The Morgan fingerprint density at radius 2 is 1.95 bits per heavy atom. The zero-order valence-electron chi connectivity index (χ0n) is 11.8. The molecule has 1 aromatic carbocycles. The molecule has 0 aliphatic heterocycles. The van der Waals surface area contributed by atoms with Crippen molar-refractivity contribution in [2.24, 2.45) is 0 Å². The van der Waals surface area contributed by atoms with Crippen molar-refractivity contribution in [3.63, 3.8) is 0 Å². The maximum Gasteiger partial charge on any atom is 0.251 e. The van der Waals surface area contributed by atoms with Crippen molar-refractivity contribution in [2.75, 3.05) is 6.26 Å². The SMILES string of the molecule is CS(=O)(=O)Cc1cccc(C(=O)NC2CCCCC2)c1. The molecule has 5 heteroatoms. The van der Waals surface area contributed by atoms with Crippen molar-refractivity contribution in [3.05, 3.63) is 35.4 Å². The van der Waals surface area contributed by atoms with Crippen molar-refractivity contribution < 1.29 is 13.2 Å². The van der Waals surface area contributed by atoms with Crippen LogP contribution in [0, 0.1) is 0 Å². The van der Waals surface area contributed by atoms with E-state index in [2.05, 4.69) is 5.32 Å². The number of benzene rings is 1. The van der Waals surface area contributed by atoms with Crippen LogP contribution in [0.1, 0.15) is 48.0 Å². The lowest BCUT2D eigenvalue weighted by Crippen LogP contribution is -2.36. The predicted octanol–water partition coefficient (Wildman–Crippen LogP) is 2.29. The molecule has 0 unspecified atom stereocenters. The molecule has 0 atom stereocenters. The second kappa shape index (κ2) is 6.39. The summed E-state index contributed by atoms with van der Waals surface area (Å²) in [7, 11) is -3.08. The van der Waals surface area contributed by atoms with Gasteiger partial charge in [0.15, 0.2) is 9.84 Å². The van der Waals surface area contributed by atoms with Gasteiger partial charge in [0.2, 0.25) is 0 Å². The number of nitrogens with one attached hydrogen (secondary N) is 1. The van der Waals surface area contributed by atoms with E-state index in [9.17, 15) is 13.2 Å². The molecular weight excluding hydrogens is 274 g/mol. The predicted molar refractivity (Wildman–Crippen MR) is 79.3 cm³/mol. The number of carbonyl (C=O) groups is 1. The molecule has 1 N–H and O–H groups in total. The molecule has 0 saturated heterocycles. The highest BCUT2D eigenvalue weighted by Gasteiger charge is 2.17. The van der Waals surface area contributed by atoms with Crippen molar-refractivity contribution in [1.82, 2.24) is 5.32 Å². The van der Waals surface area contributed by atoms with Crippen LogP contribution in [0.5, 0.6) is 0 Å². The van der Waals surface area contributed by atoms with Gasteiger partial charge in [-0.25, -0.2) is 8.42 Å². The topological polar surface area (TPSA) is 63.2 Å². The largest absolute Gasteiger partial charge is 0.349 e. The van der Waals surface area contributed by atoms with Crippen LogP contribution in [0.4, 0.5) is 0 Å². The molecule has 1 amide bonds. The third-order valence-electron chi connectivity index (χ3n) is 3.56. The highest BCUT2D eigenvalue weighted by atomic mass is 32.2. The number of hydrogen-bond donors (Lipinski definition) is 1. The molecule has 0 aromatic heterocycles. The van der Waals surface area contributed by atoms with E-state index in [1.165, 1.54) is 25.5 Å². The summed E-state index contributed by atoms with van der Waals surface area (Å²) in [5.74, 6) is -0.135. The summed E-state index contributed by atoms with van der Waals surface area (Å²) in [5, 5.41) is 3.04. The maximum atomic E-state index is 12.2. The minimum atomic E-state index is -3.08. The van der Waals surface area contributed by atoms with E-state index < -0.39 is 9.84 Å². The Bertz CT molecular complexity index is 575. The maximum absolute atomic E-state index is 12.2. The fourth-order valence-corrected chi connectivity index (χ4v) is 3.41. The molecule has 1 aliphatic carbocycles. The molecule has 1 saturated carbocycles. The minimum absolute atomic E-state index is 0.0302. The number of rotatable bonds is 4. The summed E-state index contributed by atoms with van der Waals surface area (Å²) in [6.07, 6.45) is 6.85. The van der Waals surface area contributed by atoms with E-state index in [0.29, 0.717) is 11.1 Å². The van der Waals surface area contributed by atoms with E-state index >= 15 is 0 Å². The number of hydrogen-bond acceptors (Lipinski definition) is 3. The van der Waals surface area contributed by atoms with Gasteiger partial charge in [0.05, 0.1) is 5.75 Å². The summed E-state index contributed by atoms with van der Waals surface area (Å²) in [4.78, 5) is 12.2. The van der Waals surface area contributed by atoms with Gasteiger partial charge in [-0.3, -0.25) is 4.79 Å². The molecule has 0 radical (unpaired) electrons. The van der Waals surface area contributed by atoms with Crippen LogP contribution >= 0.6 is 0 Å². The first-order chi connectivity index (χ1) is 9.44. The fraction of sp³-hybridized carbons (Fsp3) is 0.533. The zero-order chi connectivity index (χ0) is 14.6. The summed E-state index contributed by atoms with van der Waals surface area (Å²) in [5.41, 5.74) is 1.19. The van der Waals surface area contributed by atoms with Crippen LogP contribution in [0.3, 0.4) is 0 Å². The third kappa shape index (κ3) is 4.63. The Labute approximate surface area is 120 Å². The molecule has 1 aliphatic rings. The Balaban J connectivity index is 2.04. The quantitative estimate of drug-likeness (QED) is 0.927. The highest BCUT2D eigenvalue weighted by molar-refractivity contribution is 7.89. The number of amides is 1. The van der Waals surface area contributed by atoms with E-state index in [1.54, 1.807) is 24.3 Å². The van der Waals surface area contributed by atoms with Gasteiger partial charge in [0.25, 0.3) is 5.91 Å². The highest BCUT2D eigenvalue weighted by Crippen LogP contribution is 2.18. The Morgan fingerprint density at radius 1 is 1.25 bits per heavy atom. The van der Waals surface area contributed by atoms with E-state index in [-0.39, 0.29) is 17.7 Å². The van der Waals surface area contributed by atoms with E-state index in [1.807, 2.05) is 0 Å². The van der Waals surface area contributed by atoms with Crippen LogP contribution < -0.4 is 5.32 Å². The lowest BCUT2D eigenvalue weighted by molar-refractivity contribution is 0.0927. The zero-order valence-corrected chi connectivity index (χ0v) is 12.6. The fourth-order valence-electron chi connectivity index (χ4n) is 2.62. The van der Waals surface area contributed by atoms with Crippen LogP contribution in [-0.4, -0.2) is 26.6 Å². The van der Waals surface area contributed by atoms with Gasteiger partial charge < -0.3 is 5.32 Å². The first kappa shape index (κ1) is 15.0. The van der Waals surface area contributed by atoms with Crippen molar-refractivity contribution in [3.8, 4) is 0 Å². The molecule has 2 rings (SSSR count). The number of carbonyl (C=O) groups excluding carboxylic acids is 1. The van der Waals surface area contributed by atoms with Gasteiger partial charge >= 0.3 is 0 Å². The second-order valence-corrected chi connectivity index (χ2v) is 7.72. The summed E-state index contributed by atoms with van der Waals surface area (Å²) in [6, 6.07) is 7.12. The average Bonchev–Trinajstić information content (AvgIpc) is 2.38. The molecule has 4 nitrogen and oxygen atoms in total. The molecular formula is C15H21NO3S. The lowest BCUT2D eigenvalue weighted by Gasteiger charge is -2.22. The Morgan fingerprint density at radius 3 is 2.60 bits per heavy atom. The number of sulfone groups is 1. The smallest absolute Gasteiger partial charge is 0.251 e. The van der Waals surface area contributed by atoms with Crippen LogP contribution in [0.2, 0.25) is 0 Å². The van der Waals surface area contributed by atoms with Crippen LogP contribution in [0.25, 0.3) is 0 Å². The Hall–Kier alpha value is -1.36. The molecule has 0 bridgehead atoms. The molecule has 110 valence electrons. The first-order valence-corrected chi connectivity index (χ1v) is 9.07. The molecule has 1 aromatic rings.